The third-order valence-corrected chi connectivity index (χ3v) is 4.03. The van der Waals surface area contributed by atoms with Crippen molar-refractivity contribution in [3.8, 4) is 0 Å². The van der Waals surface area contributed by atoms with Crippen molar-refractivity contribution in [3.05, 3.63) is 12.2 Å². The average molecular weight is 210 g/mol. The third-order valence-electron chi connectivity index (χ3n) is 4.03. The second-order valence-corrected chi connectivity index (χ2v) is 4.94. The molecule has 0 aromatic heterocycles. The van der Waals surface area contributed by atoms with Crippen LogP contribution in [0.4, 0.5) is 0 Å². The first-order valence-corrected chi connectivity index (χ1v) is 6.24. The summed E-state index contributed by atoms with van der Waals surface area (Å²) < 4.78 is 5.34. The van der Waals surface area contributed by atoms with Gasteiger partial charge in [-0.1, -0.05) is 19.1 Å². The summed E-state index contributed by atoms with van der Waals surface area (Å²) in [6.07, 6.45) is 9.59. The molecule has 1 aliphatic carbocycles. The Balaban J connectivity index is 2.00. The highest BCUT2D eigenvalue weighted by atomic mass is 16.5. The Morgan fingerprint density at radius 1 is 1.33 bits per heavy atom. The number of hydrogen-bond donors (Lipinski definition) is 1. The largest absolute Gasteiger partial charge is 0.386 e. The zero-order chi connectivity index (χ0) is 10.7. The van der Waals surface area contributed by atoms with Crippen molar-refractivity contribution in [1.29, 1.82) is 0 Å². The Bertz CT molecular complexity index is 231. The second kappa shape index (κ2) is 4.67. The van der Waals surface area contributed by atoms with Gasteiger partial charge in [0.15, 0.2) is 0 Å². The van der Waals surface area contributed by atoms with Gasteiger partial charge in [-0.05, 0) is 43.9 Å². The molecule has 2 aliphatic rings. The molecule has 1 saturated heterocycles. The number of allylic oxidation sites excluding steroid dienone is 1. The molecule has 1 N–H and O–H groups in total. The molecule has 2 rings (SSSR count). The fraction of sp³-hybridized carbons (Fsp3) is 0.846. The summed E-state index contributed by atoms with van der Waals surface area (Å²) in [5.74, 6) is 1.10. The monoisotopic (exact) mass is 210 g/mol. The minimum Gasteiger partial charge on any atom is -0.386 e. The molecule has 0 saturated carbocycles. The van der Waals surface area contributed by atoms with Crippen LogP contribution in [0, 0.1) is 11.8 Å². The second-order valence-electron chi connectivity index (χ2n) is 4.94. The van der Waals surface area contributed by atoms with Crippen molar-refractivity contribution in [3.63, 3.8) is 0 Å². The Morgan fingerprint density at radius 3 is 2.60 bits per heavy atom. The maximum absolute atomic E-state index is 10.6. The first-order chi connectivity index (χ1) is 7.24. The highest BCUT2D eigenvalue weighted by Crippen LogP contribution is 2.37. The van der Waals surface area contributed by atoms with Crippen molar-refractivity contribution in [2.75, 3.05) is 13.2 Å². The van der Waals surface area contributed by atoms with Gasteiger partial charge in [-0.3, -0.25) is 0 Å². The summed E-state index contributed by atoms with van der Waals surface area (Å²) in [6.45, 7) is 3.85. The fourth-order valence-corrected chi connectivity index (χ4v) is 2.78. The van der Waals surface area contributed by atoms with Gasteiger partial charge in [-0.25, -0.2) is 0 Å². The van der Waals surface area contributed by atoms with Gasteiger partial charge in [0.05, 0.1) is 5.60 Å². The van der Waals surface area contributed by atoms with Crippen LogP contribution in [0.1, 0.15) is 39.0 Å². The summed E-state index contributed by atoms with van der Waals surface area (Å²) in [7, 11) is 0. The topological polar surface area (TPSA) is 29.5 Å². The number of aliphatic hydroxyl groups is 1. The quantitative estimate of drug-likeness (QED) is 0.710. The molecule has 0 spiro atoms. The van der Waals surface area contributed by atoms with Crippen LogP contribution in [-0.2, 0) is 4.74 Å². The van der Waals surface area contributed by atoms with E-state index in [2.05, 4.69) is 19.1 Å². The van der Waals surface area contributed by atoms with E-state index < -0.39 is 5.60 Å². The minimum absolute atomic E-state index is 0.417. The molecule has 1 heterocycles. The minimum atomic E-state index is -0.532. The van der Waals surface area contributed by atoms with Crippen LogP contribution in [0.5, 0.6) is 0 Å². The van der Waals surface area contributed by atoms with Crippen LogP contribution < -0.4 is 0 Å². The predicted octanol–water partition coefficient (Wildman–Crippen LogP) is 2.52. The molecule has 86 valence electrons. The fourth-order valence-electron chi connectivity index (χ4n) is 2.78. The Kier molecular flexibility index (Phi) is 3.47. The summed E-state index contributed by atoms with van der Waals surface area (Å²) in [5, 5.41) is 10.6. The zero-order valence-electron chi connectivity index (χ0n) is 9.61. The van der Waals surface area contributed by atoms with Crippen LogP contribution in [0.2, 0.25) is 0 Å². The Morgan fingerprint density at radius 2 is 2.07 bits per heavy atom. The molecule has 0 bridgehead atoms. The maximum Gasteiger partial charge on any atom is 0.0857 e. The molecule has 1 fully saturated rings. The van der Waals surface area contributed by atoms with E-state index in [4.69, 9.17) is 4.74 Å². The lowest BCUT2D eigenvalue weighted by Crippen LogP contribution is -2.41. The molecule has 0 aromatic carbocycles. The van der Waals surface area contributed by atoms with Gasteiger partial charge >= 0.3 is 0 Å². The lowest BCUT2D eigenvalue weighted by atomic mass is 9.73. The molecule has 2 unspecified atom stereocenters. The van der Waals surface area contributed by atoms with E-state index in [9.17, 15) is 5.11 Å². The van der Waals surface area contributed by atoms with E-state index >= 15 is 0 Å². The van der Waals surface area contributed by atoms with E-state index in [1.54, 1.807) is 0 Å². The molecule has 0 amide bonds. The van der Waals surface area contributed by atoms with E-state index in [1.807, 2.05) is 0 Å². The lowest BCUT2D eigenvalue weighted by Gasteiger charge is -2.39. The number of ether oxygens (including phenoxy) is 1. The smallest absolute Gasteiger partial charge is 0.0857 e. The molecule has 2 atom stereocenters. The molecule has 0 radical (unpaired) electrons. The highest BCUT2D eigenvalue weighted by molar-refractivity contribution is 5.10. The van der Waals surface area contributed by atoms with Gasteiger partial charge in [-0.2, -0.15) is 0 Å². The molecule has 15 heavy (non-hydrogen) atoms. The molecule has 2 heteroatoms. The zero-order valence-corrected chi connectivity index (χ0v) is 9.61. The first kappa shape index (κ1) is 11.2. The van der Waals surface area contributed by atoms with Gasteiger partial charge < -0.3 is 9.84 Å². The Labute approximate surface area is 92.3 Å². The van der Waals surface area contributed by atoms with Crippen LogP contribution in [0.25, 0.3) is 0 Å². The van der Waals surface area contributed by atoms with Gasteiger partial charge in [0, 0.05) is 13.2 Å². The van der Waals surface area contributed by atoms with Crippen LogP contribution in [-0.4, -0.2) is 23.9 Å². The normalized spacial score (nSPS) is 38.1. The lowest BCUT2D eigenvalue weighted by molar-refractivity contribution is -0.0449. The van der Waals surface area contributed by atoms with Crippen molar-refractivity contribution in [1.82, 2.24) is 0 Å². The molecular formula is C13H22O2. The predicted molar refractivity (Wildman–Crippen MR) is 60.6 cm³/mol. The SMILES string of the molecule is CCC1C=CC(O)(C2CCOCC2)CC1. The van der Waals surface area contributed by atoms with Crippen LogP contribution in [0.3, 0.4) is 0 Å². The number of rotatable bonds is 2. The number of hydrogen-bond acceptors (Lipinski definition) is 2. The van der Waals surface area contributed by atoms with Crippen LogP contribution >= 0.6 is 0 Å². The van der Waals surface area contributed by atoms with Crippen molar-refractivity contribution in [2.45, 2.75) is 44.6 Å². The summed E-state index contributed by atoms with van der Waals surface area (Å²) in [5.41, 5.74) is -0.532. The molecular weight excluding hydrogens is 188 g/mol. The summed E-state index contributed by atoms with van der Waals surface area (Å²) in [6, 6.07) is 0. The highest BCUT2D eigenvalue weighted by Gasteiger charge is 2.37. The van der Waals surface area contributed by atoms with Gasteiger partial charge in [0.1, 0.15) is 0 Å². The molecule has 0 aromatic rings. The van der Waals surface area contributed by atoms with Crippen molar-refractivity contribution in [2.24, 2.45) is 11.8 Å². The van der Waals surface area contributed by atoms with Crippen molar-refractivity contribution < 1.29 is 9.84 Å². The summed E-state index contributed by atoms with van der Waals surface area (Å²) >= 11 is 0. The molecule has 2 nitrogen and oxygen atoms in total. The third kappa shape index (κ3) is 2.43. The van der Waals surface area contributed by atoms with Gasteiger partial charge in [0.25, 0.3) is 0 Å². The van der Waals surface area contributed by atoms with Crippen LogP contribution in [0.15, 0.2) is 12.2 Å². The van der Waals surface area contributed by atoms with Crippen molar-refractivity contribution >= 4 is 0 Å². The summed E-state index contributed by atoms with van der Waals surface area (Å²) in [4.78, 5) is 0. The maximum atomic E-state index is 10.6. The first-order valence-electron chi connectivity index (χ1n) is 6.24. The van der Waals surface area contributed by atoms with E-state index in [0.717, 1.165) is 38.9 Å². The average Bonchev–Trinajstić information content (AvgIpc) is 2.31. The van der Waals surface area contributed by atoms with E-state index in [0.29, 0.717) is 11.8 Å². The Hall–Kier alpha value is -0.340. The van der Waals surface area contributed by atoms with Gasteiger partial charge in [0.2, 0.25) is 0 Å². The molecule has 1 aliphatic heterocycles. The van der Waals surface area contributed by atoms with E-state index in [1.165, 1.54) is 6.42 Å². The standard InChI is InChI=1S/C13H22O2/c1-2-11-3-7-13(14,8-4-11)12-5-9-15-10-6-12/h3,7,11-12,14H,2,4-6,8-10H2,1H3. The van der Waals surface area contributed by atoms with E-state index in [-0.39, 0.29) is 0 Å². The van der Waals surface area contributed by atoms with Gasteiger partial charge in [-0.15, -0.1) is 0 Å².